The Morgan fingerprint density at radius 3 is 2.48 bits per heavy atom. The first-order valence-corrected chi connectivity index (χ1v) is 8.10. The predicted molar refractivity (Wildman–Crippen MR) is 88.6 cm³/mol. The smallest absolute Gasteiger partial charge is 0.353 e. The number of carbonyl (C=O) groups excluding carboxylic acids is 1. The van der Waals surface area contributed by atoms with Gasteiger partial charge < -0.3 is 4.74 Å². The van der Waals surface area contributed by atoms with E-state index in [1.807, 2.05) is 24.3 Å². The Balaban J connectivity index is 1.88. The summed E-state index contributed by atoms with van der Waals surface area (Å²) in [6.45, 7) is 0. The van der Waals surface area contributed by atoms with Gasteiger partial charge in [0.25, 0.3) is 0 Å². The molecule has 25 heavy (non-hydrogen) atoms. The third kappa shape index (κ3) is 1.45. The number of rotatable bonds is 2. The maximum absolute atomic E-state index is 13.2. The van der Waals surface area contributed by atoms with Gasteiger partial charge in [0, 0.05) is 11.8 Å². The van der Waals surface area contributed by atoms with Gasteiger partial charge in [-0.05, 0) is 18.2 Å². The second kappa shape index (κ2) is 4.50. The number of para-hydroxylation sites is 1. The Hall–Kier alpha value is -3.09. The van der Waals surface area contributed by atoms with Gasteiger partial charge >= 0.3 is 17.3 Å². The summed E-state index contributed by atoms with van der Waals surface area (Å²) in [7, 11) is 1.30. The molecule has 0 fully saturated rings. The van der Waals surface area contributed by atoms with E-state index in [1.54, 1.807) is 30.3 Å². The quantitative estimate of drug-likeness (QED) is 0.594. The second-order valence-corrected chi connectivity index (χ2v) is 6.55. The average molecular weight is 337 g/mol. The zero-order chi connectivity index (χ0) is 17.3. The van der Waals surface area contributed by atoms with Crippen molar-refractivity contribution in [1.29, 1.82) is 0 Å². The molecule has 0 spiro atoms. The van der Waals surface area contributed by atoms with E-state index < -0.39 is 22.9 Å². The first kappa shape index (κ1) is 14.3. The molecule has 0 N–H and O–H groups in total. The molecule has 126 valence electrons. The van der Waals surface area contributed by atoms with Gasteiger partial charge in [-0.3, -0.25) is 0 Å². The van der Waals surface area contributed by atoms with Crippen molar-refractivity contribution >= 4 is 5.97 Å². The highest BCUT2D eigenvalue weighted by Gasteiger charge is 2.61. The van der Waals surface area contributed by atoms with Gasteiger partial charge in [-0.1, -0.05) is 36.4 Å². The summed E-state index contributed by atoms with van der Waals surface area (Å²) in [5, 5.41) is 0. The first-order valence-electron chi connectivity index (χ1n) is 8.10. The van der Waals surface area contributed by atoms with Crippen LogP contribution in [0.4, 0.5) is 0 Å². The van der Waals surface area contributed by atoms with E-state index in [0.717, 1.165) is 4.57 Å². The lowest BCUT2D eigenvalue weighted by Gasteiger charge is -2.53. The highest BCUT2D eigenvalue weighted by molar-refractivity contribution is 5.83. The lowest BCUT2D eigenvalue weighted by molar-refractivity contribution is -0.156. The Morgan fingerprint density at radius 2 is 1.84 bits per heavy atom. The molecule has 2 bridgehead atoms. The van der Waals surface area contributed by atoms with Crippen molar-refractivity contribution in [3.05, 3.63) is 75.6 Å². The maximum atomic E-state index is 13.2. The summed E-state index contributed by atoms with van der Waals surface area (Å²) in [5.41, 5.74) is -1.81. The summed E-state index contributed by atoms with van der Waals surface area (Å²) >= 11 is 0. The molecular weight excluding hydrogens is 322 g/mol. The monoisotopic (exact) mass is 337 g/mol. The van der Waals surface area contributed by atoms with Gasteiger partial charge in [0.05, 0.1) is 18.8 Å². The molecule has 0 unspecified atom stereocenters. The molecule has 1 aromatic heterocycles. The molecule has 4 atom stereocenters. The van der Waals surface area contributed by atoms with E-state index in [9.17, 15) is 14.4 Å². The molecule has 0 saturated heterocycles. The molecule has 7 heteroatoms. The van der Waals surface area contributed by atoms with E-state index in [2.05, 4.69) is 0 Å². The molecule has 2 aliphatic carbocycles. The maximum Gasteiger partial charge on any atom is 0.353 e. The van der Waals surface area contributed by atoms with Gasteiger partial charge in [0.15, 0.2) is 5.54 Å². The molecule has 0 saturated carbocycles. The number of esters is 1. The minimum atomic E-state index is -1.31. The third-order valence-electron chi connectivity index (χ3n) is 5.54. The predicted octanol–water partition coefficient (Wildman–Crippen LogP) is 0.596. The van der Waals surface area contributed by atoms with Crippen molar-refractivity contribution in [3.8, 4) is 5.69 Å². The topological polar surface area (TPSA) is 75.2 Å². The average Bonchev–Trinajstić information content (AvgIpc) is 2.87. The molecule has 4 aliphatic rings. The van der Waals surface area contributed by atoms with Crippen LogP contribution in [0.2, 0.25) is 0 Å². The molecule has 3 heterocycles. The SMILES string of the molecule is COC(=O)[C@@]12C=C[C@@H]([C@@H]3C=C[C@@H]31)n1c(=O)n(-c3ccccc3)c(=O)n12. The van der Waals surface area contributed by atoms with Gasteiger partial charge in [-0.2, -0.15) is 0 Å². The number of nitrogens with zero attached hydrogens (tertiary/aromatic N) is 3. The number of aromatic nitrogens is 3. The summed E-state index contributed by atoms with van der Waals surface area (Å²) in [6, 6.07) is 8.46. The van der Waals surface area contributed by atoms with Crippen LogP contribution in [0.3, 0.4) is 0 Å². The zero-order valence-electron chi connectivity index (χ0n) is 13.4. The zero-order valence-corrected chi connectivity index (χ0v) is 13.4. The molecule has 1 aromatic carbocycles. The Labute approximate surface area is 142 Å². The van der Waals surface area contributed by atoms with Crippen molar-refractivity contribution in [2.75, 3.05) is 7.11 Å². The highest BCUT2D eigenvalue weighted by atomic mass is 16.5. The van der Waals surface area contributed by atoms with Crippen LogP contribution >= 0.6 is 0 Å². The molecule has 6 rings (SSSR count). The fraction of sp³-hybridized carbons (Fsp3) is 0.278. The number of ether oxygens (including phenoxy) is 1. The lowest BCUT2D eigenvalue weighted by atomic mass is 9.61. The molecule has 2 aromatic rings. The van der Waals surface area contributed by atoms with E-state index >= 15 is 0 Å². The van der Waals surface area contributed by atoms with Crippen LogP contribution in [0.5, 0.6) is 0 Å². The normalized spacial score (nSPS) is 30.5. The molecule has 2 aliphatic heterocycles. The van der Waals surface area contributed by atoms with Crippen LogP contribution < -0.4 is 11.4 Å². The van der Waals surface area contributed by atoms with Gasteiger partial charge in [-0.25, -0.2) is 28.3 Å². The molecule has 0 amide bonds. The van der Waals surface area contributed by atoms with Gasteiger partial charge in [0.2, 0.25) is 0 Å². The number of carbonyl (C=O) groups is 1. The first-order chi connectivity index (χ1) is 12.1. The third-order valence-corrected chi connectivity index (χ3v) is 5.54. The van der Waals surface area contributed by atoms with Crippen LogP contribution in [0.1, 0.15) is 6.04 Å². The van der Waals surface area contributed by atoms with Crippen molar-refractivity contribution in [1.82, 2.24) is 13.9 Å². The van der Waals surface area contributed by atoms with Crippen LogP contribution in [0.15, 0.2) is 64.2 Å². The number of hydrogen-bond acceptors (Lipinski definition) is 4. The summed E-state index contributed by atoms with van der Waals surface area (Å²) in [5.74, 6) is -0.714. The van der Waals surface area contributed by atoms with Crippen LogP contribution in [-0.4, -0.2) is 27.0 Å². The number of methoxy groups -OCH3 is 1. The number of benzene rings is 1. The van der Waals surface area contributed by atoms with E-state index in [1.165, 1.54) is 16.5 Å². The summed E-state index contributed by atoms with van der Waals surface area (Å²) < 4.78 is 8.81. The fourth-order valence-electron chi connectivity index (χ4n) is 4.36. The van der Waals surface area contributed by atoms with Crippen LogP contribution in [0, 0.1) is 11.8 Å². The standard InChI is InChI=1S/C18H15N3O4/c1-25-15(22)18-10-9-14(12-7-8-13(12)18)20-16(23)19(17(24)21(18)20)11-5-3-2-4-6-11/h2-10,12-14H,1H3/t12-,13+,14+,18-/m1/s1. The molecule has 7 nitrogen and oxygen atoms in total. The van der Waals surface area contributed by atoms with E-state index in [4.69, 9.17) is 4.74 Å². The lowest BCUT2D eigenvalue weighted by Crippen LogP contribution is -2.64. The Bertz CT molecular complexity index is 1070. The minimum Gasteiger partial charge on any atom is -0.467 e. The van der Waals surface area contributed by atoms with Crippen molar-refractivity contribution in [3.63, 3.8) is 0 Å². The summed E-state index contributed by atoms with van der Waals surface area (Å²) in [4.78, 5) is 38.9. The van der Waals surface area contributed by atoms with E-state index in [-0.39, 0.29) is 17.9 Å². The Morgan fingerprint density at radius 1 is 1.08 bits per heavy atom. The van der Waals surface area contributed by atoms with Crippen molar-refractivity contribution in [2.45, 2.75) is 11.6 Å². The van der Waals surface area contributed by atoms with Gasteiger partial charge in [-0.15, -0.1) is 0 Å². The van der Waals surface area contributed by atoms with E-state index in [0.29, 0.717) is 5.69 Å². The number of hydrogen-bond donors (Lipinski definition) is 0. The Kier molecular flexibility index (Phi) is 2.57. The largest absolute Gasteiger partial charge is 0.467 e. The highest BCUT2D eigenvalue weighted by Crippen LogP contribution is 2.53. The van der Waals surface area contributed by atoms with Crippen LogP contribution in [-0.2, 0) is 15.1 Å². The summed E-state index contributed by atoms with van der Waals surface area (Å²) in [6.07, 6.45) is 7.44. The van der Waals surface area contributed by atoms with Crippen molar-refractivity contribution < 1.29 is 9.53 Å². The van der Waals surface area contributed by atoms with Crippen molar-refractivity contribution in [2.24, 2.45) is 11.8 Å². The number of allylic oxidation sites excluding steroid dienone is 3. The minimum absolute atomic E-state index is 0.00724. The second-order valence-electron chi connectivity index (χ2n) is 6.55. The molecular formula is C18H15N3O4. The van der Waals surface area contributed by atoms with Gasteiger partial charge in [0.1, 0.15) is 0 Å². The fourth-order valence-corrected chi connectivity index (χ4v) is 4.36. The van der Waals surface area contributed by atoms with Crippen LogP contribution in [0.25, 0.3) is 5.69 Å². The molecule has 0 radical (unpaired) electrons.